The molecule has 0 aliphatic rings. The molecule has 0 saturated carbocycles. The largest absolute Gasteiger partial charge is 0.320 e. The molecular formula is C25H40N4O4. The van der Waals surface area contributed by atoms with Crippen molar-refractivity contribution < 1.29 is 19.6 Å². The van der Waals surface area contributed by atoms with Gasteiger partial charge < -0.3 is 5.73 Å². The van der Waals surface area contributed by atoms with Crippen LogP contribution in [0.25, 0.3) is 6.08 Å². The number of hydrogen-bond donors (Lipinski definition) is 3. The van der Waals surface area contributed by atoms with Crippen LogP contribution >= 0.6 is 0 Å². The van der Waals surface area contributed by atoms with E-state index in [9.17, 15) is 19.6 Å². The third kappa shape index (κ3) is 9.35. The molecule has 0 aliphatic heterocycles. The smallest absolute Gasteiger partial charge is 0.268 e. The van der Waals surface area contributed by atoms with E-state index in [-0.39, 0.29) is 37.1 Å². The minimum Gasteiger partial charge on any atom is -0.320 e. The molecule has 0 fully saturated rings. The summed E-state index contributed by atoms with van der Waals surface area (Å²) < 4.78 is 0. The second-order valence-corrected chi connectivity index (χ2v) is 8.93. The summed E-state index contributed by atoms with van der Waals surface area (Å²) in [5.41, 5.74) is 8.51. The zero-order valence-corrected chi connectivity index (χ0v) is 20.5. The second kappa shape index (κ2) is 14.4. The van der Waals surface area contributed by atoms with Gasteiger partial charge in [0.25, 0.3) is 11.8 Å². The molecule has 0 heterocycles. The van der Waals surface area contributed by atoms with Crippen molar-refractivity contribution in [1.29, 1.82) is 0 Å². The number of nitrogens with zero attached hydrogens (tertiary/aromatic N) is 2. The molecule has 0 unspecified atom stereocenters. The Morgan fingerprint density at radius 2 is 1.76 bits per heavy atom. The van der Waals surface area contributed by atoms with Gasteiger partial charge in [0.15, 0.2) is 0 Å². The normalized spacial score (nSPS) is 14.1. The molecule has 8 nitrogen and oxygen atoms in total. The van der Waals surface area contributed by atoms with E-state index in [1.807, 2.05) is 64.1 Å². The van der Waals surface area contributed by atoms with Gasteiger partial charge in [0.1, 0.15) is 6.04 Å². The number of hydroxylamine groups is 1. The van der Waals surface area contributed by atoms with E-state index in [1.54, 1.807) is 18.5 Å². The van der Waals surface area contributed by atoms with E-state index < -0.39 is 23.9 Å². The van der Waals surface area contributed by atoms with Crippen molar-refractivity contribution >= 4 is 23.8 Å². The Bertz CT molecular complexity index is 780. The lowest BCUT2D eigenvalue weighted by molar-refractivity contribution is -0.176. The number of amides is 3. The van der Waals surface area contributed by atoms with Gasteiger partial charge in [-0.25, -0.2) is 15.5 Å². The summed E-state index contributed by atoms with van der Waals surface area (Å²) >= 11 is 0. The lowest BCUT2D eigenvalue weighted by atomic mass is 10.1. The fourth-order valence-electron chi connectivity index (χ4n) is 3.24. The van der Waals surface area contributed by atoms with Gasteiger partial charge in [0.2, 0.25) is 5.91 Å². The summed E-state index contributed by atoms with van der Waals surface area (Å²) in [6, 6.07) is 7.56. The number of hydrazine groups is 1. The maximum Gasteiger partial charge on any atom is 0.268 e. The topological polar surface area (TPSA) is 116 Å². The number of rotatable bonds is 12. The highest BCUT2D eigenvalue weighted by Gasteiger charge is 2.37. The molecule has 1 aromatic rings. The van der Waals surface area contributed by atoms with Crippen LogP contribution in [0.4, 0.5) is 0 Å². The maximum absolute atomic E-state index is 13.4. The maximum atomic E-state index is 13.4. The minimum atomic E-state index is -1.11. The molecule has 0 radical (unpaired) electrons. The fourth-order valence-corrected chi connectivity index (χ4v) is 3.24. The van der Waals surface area contributed by atoms with E-state index in [0.717, 1.165) is 12.0 Å². The molecule has 8 heteroatoms. The summed E-state index contributed by atoms with van der Waals surface area (Å²) in [5, 5.41) is 12.0. The van der Waals surface area contributed by atoms with Gasteiger partial charge in [-0.2, -0.15) is 0 Å². The molecule has 184 valence electrons. The molecule has 4 N–H and O–H groups in total. The number of nitrogens with two attached hydrogens (primary N) is 1. The molecule has 0 bridgehead atoms. The fraction of sp³-hybridized carbons (Fsp3) is 0.560. The molecule has 0 aromatic heterocycles. The number of hydrogen-bond acceptors (Lipinski definition) is 5. The Morgan fingerprint density at radius 3 is 2.27 bits per heavy atom. The molecule has 1 aromatic carbocycles. The van der Waals surface area contributed by atoms with Crippen molar-refractivity contribution in [2.24, 2.45) is 17.6 Å². The lowest BCUT2D eigenvalue weighted by Crippen LogP contribution is -2.61. The van der Waals surface area contributed by atoms with Crippen LogP contribution in [0.15, 0.2) is 36.4 Å². The first-order valence-electron chi connectivity index (χ1n) is 11.7. The van der Waals surface area contributed by atoms with Crippen LogP contribution in [0.1, 0.15) is 65.9 Å². The first kappa shape index (κ1) is 28.3. The summed E-state index contributed by atoms with van der Waals surface area (Å²) in [7, 11) is 0. The van der Waals surface area contributed by atoms with E-state index in [2.05, 4.69) is 0 Å². The molecule has 1 rings (SSSR count). The van der Waals surface area contributed by atoms with Crippen LogP contribution in [-0.2, 0) is 14.4 Å². The van der Waals surface area contributed by atoms with Crippen LogP contribution in [-0.4, -0.2) is 51.6 Å². The van der Waals surface area contributed by atoms with Gasteiger partial charge in [0.05, 0.1) is 6.04 Å². The number of carbonyl (C=O) groups is 3. The summed E-state index contributed by atoms with van der Waals surface area (Å²) in [6.07, 6.45) is 5.25. The Morgan fingerprint density at radius 1 is 1.12 bits per heavy atom. The van der Waals surface area contributed by atoms with Crippen molar-refractivity contribution in [1.82, 2.24) is 15.5 Å². The number of nitrogens with one attached hydrogen (secondary N) is 1. The van der Waals surface area contributed by atoms with E-state index in [1.165, 1.54) is 10.0 Å². The molecule has 0 spiro atoms. The van der Waals surface area contributed by atoms with Gasteiger partial charge >= 0.3 is 0 Å². The zero-order chi connectivity index (χ0) is 25.0. The Hall–Kier alpha value is -2.71. The quantitative estimate of drug-likeness (QED) is 0.327. The van der Waals surface area contributed by atoms with Gasteiger partial charge in [-0.15, -0.1) is 0 Å². The Kier molecular flexibility index (Phi) is 12.4. The van der Waals surface area contributed by atoms with Crippen LogP contribution in [0, 0.1) is 11.8 Å². The van der Waals surface area contributed by atoms with Crippen molar-refractivity contribution in [2.75, 3.05) is 6.54 Å². The third-order valence-corrected chi connectivity index (χ3v) is 5.45. The lowest BCUT2D eigenvalue weighted by Gasteiger charge is -2.41. The Balaban J connectivity index is 3.40. The monoisotopic (exact) mass is 460 g/mol. The highest BCUT2D eigenvalue weighted by molar-refractivity contribution is 5.90. The van der Waals surface area contributed by atoms with Gasteiger partial charge in [-0.1, -0.05) is 76.6 Å². The van der Waals surface area contributed by atoms with Crippen LogP contribution < -0.4 is 11.2 Å². The summed E-state index contributed by atoms with van der Waals surface area (Å²) in [5.74, 6) is -1.23. The summed E-state index contributed by atoms with van der Waals surface area (Å²) in [4.78, 5) is 39.2. The third-order valence-electron chi connectivity index (χ3n) is 5.45. The van der Waals surface area contributed by atoms with E-state index in [4.69, 9.17) is 5.73 Å². The molecule has 0 aliphatic carbocycles. The SMILES string of the molecule is CC[C@H](C)CN(C(=O)[C@@H](C)N)N(C(=O)CCC(C)C)[C@@H](CC=Cc1ccccc1)C(=O)NO. The van der Waals surface area contributed by atoms with Crippen molar-refractivity contribution in [2.45, 2.75) is 72.4 Å². The molecule has 3 amide bonds. The molecule has 33 heavy (non-hydrogen) atoms. The highest BCUT2D eigenvalue weighted by atomic mass is 16.5. The summed E-state index contributed by atoms with van der Waals surface area (Å²) in [6.45, 7) is 9.75. The Labute approximate surface area is 197 Å². The number of benzene rings is 1. The first-order chi connectivity index (χ1) is 15.6. The average Bonchev–Trinajstić information content (AvgIpc) is 2.80. The van der Waals surface area contributed by atoms with Crippen LogP contribution in [0.5, 0.6) is 0 Å². The van der Waals surface area contributed by atoms with Crippen LogP contribution in [0.3, 0.4) is 0 Å². The van der Waals surface area contributed by atoms with Crippen molar-refractivity contribution in [3.8, 4) is 0 Å². The van der Waals surface area contributed by atoms with E-state index in [0.29, 0.717) is 6.42 Å². The molecular weight excluding hydrogens is 420 g/mol. The standard InChI is InChI=1S/C25H40N4O4/c1-6-19(4)17-28(25(32)20(5)26)29(23(30)16-15-18(2)3)22(24(31)27-33)14-10-13-21-11-8-7-9-12-21/h7-13,18-20,22,33H,6,14-17,26H2,1-5H3,(H,27,31)/t19-,20+,22-/m0/s1. The van der Waals surface area contributed by atoms with Crippen molar-refractivity contribution in [3.05, 3.63) is 42.0 Å². The van der Waals surface area contributed by atoms with Gasteiger partial charge in [-0.3, -0.25) is 19.6 Å². The van der Waals surface area contributed by atoms with Gasteiger partial charge in [-0.05, 0) is 37.2 Å². The predicted octanol–water partition coefficient (Wildman–Crippen LogP) is 3.37. The zero-order valence-electron chi connectivity index (χ0n) is 20.5. The molecule has 3 atom stereocenters. The average molecular weight is 461 g/mol. The minimum absolute atomic E-state index is 0.0748. The van der Waals surface area contributed by atoms with Gasteiger partial charge in [0, 0.05) is 13.0 Å². The van der Waals surface area contributed by atoms with E-state index >= 15 is 0 Å². The van der Waals surface area contributed by atoms with Crippen molar-refractivity contribution in [3.63, 3.8) is 0 Å². The number of carbonyl (C=O) groups excluding carboxylic acids is 3. The first-order valence-corrected chi connectivity index (χ1v) is 11.7. The highest BCUT2D eigenvalue weighted by Crippen LogP contribution is 2.19. The second-order valence-electron chi connectivity index (χ2n) is 8.93. The molecule has 0 saturated heterocycles. The van der Waals surface area contributed by atoms with Crippen LogP contribution in [0.2, 0.25) is 0 Å². The predicted molar refractivity (Wildman–Crippen MR) is 130 cm³/mol.